The van der Waals surface area contributed by atoms with Crippen LogP contribution in [0, 0.1) is 5.92 Å². The van der Waals surface area contributed by atoms with Gasteiger partial charge in [-0.2, -0.15) is 0 Å². The molecule has 1 saturated heterocycles. The average Bonchev–Trinajstić information content (AvgIpc) is 3.32. The first-order chi connectivity index (χ1) is 14.6. The highest BCUT2D eigenvalue weighted by atomic mass is 32.2. The summed E-state index contributed by atoms with van der Waals surface area (Å²) < 4.78 is 2.10. The summed E-state index contributed by atoms with van der Waals surface area (Å²) in [7, 11) is 0. The van der Waals surface area contributed by atoms with E-state index < -0.39 is 0 Å². The van der Waals surface area contributed by atoms with Gasteiger partial charge in [0.25, 0.3) is 0 Å². The van der Waals surface area contributed by atoms with Crippen LogP contribution in [0.4, 0.5) is 0 Å². The predicted octanol–water partition coefficient (Wildman–Crippen LogP) is 4.52. The number of hydrogen-bond acceptors (Lipinski definition) is 6. The molecule has 1 aliphatic carbocycles. The van der Waals surface area contributed by atoms with Crippen molar-refractivity contribution in [3.8, 4) is 0 Å². The molecule has 8 heteroatoms. The maximum Gasteiger partial charge on any atom is 0.233 e. The van der Waals surface area contributed by atoms with E-state index >= 15 is 0 Å². The van der Waals surface area contributed by atoms with Crippen LogP contribution in [0.2, 0.25) is 0 Å². The number of aromatic nitrogens is 4. The van der Waals surface area contributed by atoms with Crippen molar-refractivity contribution in [2.24, 2.45) is 5.92 Å². The van der Waals surface area contributed by atoms with E-state index in [-0.39, 0.29) is 5.91 Å². The smallest absolute Gasteiger partial charge is 0.233 e. The maximum atomic E-state index is 12.8. The fourth-order valence-corrected chi connectivity index (χ4v) is 7.12. The van der Waals surface area contributed by atoms with E-state index in [0.29, 0.717) is 11.8 Å². The van der Waals surface area contributed by atoms with Crippen molar-refractivity contribution in [2.45, 2.75) is 76.9 Å². The number of carbonyl (C=O) groups is 1. The van der Waals surface area contributed by atoms with E-state index in [4.69, 9.17) is 4.98 Å². The second-order valence-electron chi connectivity index (χ2n) is 8.78. The van der Waals surface area contributed by atoms with E-state index in [9.17, 15) is 4.79 Å². The Labute approximate surface area is 185 Å². The summed E-state index contributed by atoms with van der Waals surface area (Å²) in [6, 6.07) is 0.342. The highest BCUT2D eigenvalue weighted by molar-refractivity contribution is 7.99. The van der Waals surface area contributed by atoms with Crippen LogP contribution in [0.3, 0.4) is 0 Å². The zero-order valence-electron chi connectivity index (χ0n) is 18.0. The van der Waals surface area contributed by atoms with E-state index in [1.165, 1.54) is 40.4 Å². The molecule has 4 heterocycles. The van der Waals surface area contributed by atoms with Gasteiger partial charge in [0.05, 0.1) is 11.1 Å². The van der Waals surface area contributed by atoms with Crippen LogP contribution >= 0.6 is 23.1 Å². The zero-order chi connectivity index (χ0) is 20.8. The molecule has 3 aromatic heterocycles. The number of piperidine rings is 1. The van der Waals surface area contributed by atoms with Crippen LogP contribution in [0.15, 0.2) is 5.16 Å². The van der Waals surface area contributed by atoms with Gasteiger partial charge >= 0.3 is 0 Å². The van der Waals surface area contributed by atoms with Crippen LogP contribution in [-0.2, 0) is 24.1 Å². The molecule has 0 N–H and O–H groups in total. The zero-order valence-corrected chi connectivity index (χ0v) is 19.6. The Balaban J connectivity index is 1.49. The number of likely N-dealkylation sites (tertiary alicyclic amines) is 1. The Morgan fingerprint density at radius 1 is 1.23 bits per heavy atom. The van der Waals surface area contributed by atoms with Crippen molar-refractivity contribution < 1.29 is 4.79 Å². The van der Waals surface area contributed by atoms with Gasteiger partial charge in [0.15, 0.2) is 10.8 Å². The van der Waals surface area contributed by atoms with Gasteiger partial charge in [0, 0.05) is 23.9 Å². The third-order valence-corrected chi connectivity index (χ3v) is 8.67. The summed E-state index contributed by atoms with van der Waals surface area (Å²) in [5.41, 5.74) is 2.35. The van der Waals surface area contributed by atoms with Crippen LogP contribution in [0.25, 0.3) is 15.9 Å². The van der Waals surface area contributed by atoms with Crippen LogP contribution in [0.5, 0.6) is 0 Å². The number of nitrogens with zero attached hydrogens (tertiary/aromatic N) is 5. The van der Waals surface area contributed by atoms with Gasteiger partial charge < -0.3 is 4.90 Å². The number of thiophene rings is 1. The SMILES string of the molecule is CCc1nc2sc3c(c2c2nnc(SCC(=O)N4CCCC[C@H]4C)n12)CC[C@@H](C)C3. The third kappa shape index (κ3) is 3.42. The van der Waals surface area contributed by atoms with Crippen molar-refractivity contribution in [3.05, 3.63) is 16.3 Å². The monoisotopic (exact) mass is 443 g/mol. The molecule has 1 fully saturated rings. The summed E-state index contributed by atoms with van der Waals surface area (Å²) in [6.07, 6.45) is 7.71. The minimum absolute atomic E-state index is 0.206. The lowest BCUT2D eigenvalue weighted by molar-refractivity contribution is -0.131. The van der Waals surface area contributed by atoms with E-state index in [2.05, 4.69) is 35.4 Å². The average molecular weight is 444 g/mol. The molecule has 0 aromatic carbocycles. The fraction of sp³-hybridized carbons (Fsp3) is 0.636. The van der Waals surface area contributed by atoms with Crippen molar-refractivity contribution in [3.63, 3.8) is 0 Å². The van der Waals surface area contributed by atoms with Crippen LogP contribution < -0.4 is 0 Å². The summed E-state index contributed by atoms with van der Waals surface area (Å²) >= 11 is 3.33. The standard InChI is InChI=1S/C22H29N5OS2/c1-4-17-23-21-19(15-9-8-13(2)11-16(15)30-21)20-24-25-22(27(17)20)29-12-18(28)26-10-6-5-7-14(26)3/h13-14H,4-12H2,1-3H3/t13-,14-/m1/s1. The Morgan fingerprint density at radius 3 is 2.90 bits per heavy atom. The predicted molar refractivity (Wildman–Crippen MR) is 122 cm³/mol. The van der Waals surface area contributed by atoms with Gasteiger partial charge in [0.1, 0.15) is 10.7 Å². The Morgan fingerprint density at radius 2 is 2.10 bits per heavy atom. The molecule has 1 aliphatic heterocycles. The number of hydrogen-bond donors (Lipinski definition) is 0. The number of fused-ring (bicyclic) bond motifs is 5. The first kappa shape index (κ1) is 20.2. The minimum Gasteiger partial charge on any atom is -0.339 e. The molecule has 2 aliphatic rings. The summed E-state index contributed by atoms with van der Waals surface area (Å²) in [6.45, 7) is 7.49. The van der Waals surface area contributed by atoms with Crippen molar-refractivity contribution in [2.75, 3.05) is 12.3 Å². The number of aryl methyl sites for hydroxylation is 2. The van der Waals surface area contributed by atoms with E-state index in [1.807, 2.05) is 16.2 Å². The second-order valence-corrected chi connectivity index (χ2v) is 10.8. The van der Waals surface area contributed by atoms with Crippen molar-refractivity contribution in [1.82, 2.24) is 24.5 Å². The maximum absolute atomic E-state index is 12.8. The largest absolute Gasteiger partial charge is 0.339 e. The molecule has 30 heavy (non-hydrogen) atoms. The lowest BCUT2D eigenvalue weighted by atomic mass is 9.89. The molecule has 160 valence electrons. The fourth-order valence-electron chi connectivity index (χ4n) is 4.89. The number of amides is 1. The Kier molecular flexibility index (Phi) is 5.47. The first-order valence-electron chi connectivity index (χ1n) is 11.2. The van der Waals surface area contributed by atoms with Gasteiger partial charge in [-0.25, -0.2) is 4.98 Å². The lowest BCUT2D eigenvalue weighted by Crippen LogP contribution is -2.42. The summed E-state index contributed by atoms with van der Waals surface area (Å²) in [5.74, 6) is 2.33. The molecule has 1 amide bonds. The van der Waals surface area contributed by atoms with Crippen LogP contribution in [-0.4, -0.2) is 48.7 Å². The van der Waals surface area contributed by atoms with Crippen molar-refractivity contribution in [1.29, 1.82) is 0 Å². The Bertz CT molecular complexity index is 1100. The number of thioether (sulfide) groups is 1. The van der Waals surface area contributed by atoms with Gasteiger partial charge in [0.2, 0.25) is 5.91 Å². The summed E-state index contributed by atoms with van der Waals surface area (Å²) in [4.78, 5) is 22.4. The molecule has 3 aromatic rings. The second kappa shape index (κ2) is 8.11. The highest BCUT2D eigenvalue weighted by Gasteiger charge is 2.27. The van der Waals surface area contributed by atoms with Gasteiger partial charge in [-0.05, 0) is 56.9 Å². The minimum atomic E-state index is 0.206. The molecule has 0 bridgehead atoms. The Hall–Kier alpha value is -1.67. The third-order valence-electron chi connectivity index (χ3n) is 6.60. The van der Waals surface area contributed by atoms with Gasteiger partial charge in [-0.15, -0.1) is 21.5 Å². The molecular weight excluding hydrogens is 414 g/mol. The van der Waals surface area contributed by atoms with Crippen molar-refractivity contribution >= 4 is 44.9 Å². The molecule has 0 radical (unpaired) electrons. The summed E-state index contributed by atoms with van der Waals surface area (Å²) in [5, 5.41) is 11.1. The highest BCUT2D eigenvalue weighted by Crippen LogP contribution is 2.39. The molecular formula is C22H29N5OS2. The molecule has 0 unspecified atom stereocenters. The van der Waals surface area contributed by atoms with Gasteiger partial charge in [-0.1, -0.05) is 25.6 Å². The normalized spacial score (nSPS) is 22.0. The number of carbonyl (C=O) groups excluding carboxylic acids is 1. The number of rotatable bonds is 4. The molecule has 0 saturated carbocycles. The molecule has 6 nitrogen and oxygen atoms in total. The molecule has 2 atom stereocenters. The van der Waals surface area contributed by atoms with Gasteiger partial charge in [-0.3, -0.25) is 9.20 Å². The van der Waals surface area contributed by atoms with E-state index in [1.54, 1.807) is 0 Å². The lowest BCUT2D eigenvalue weighted by Gasteiger charge is -2.33. The molecule has 5 rings (SSSR count). The topological polar surface area (TPSA) is 63.4 Å². The first-order valence-corrected chi connectivity index (χ1v) is 13.0. The quantitative estimate of drug-likeness (QED) is 0.555. The van der Waals surface area contributed by atoms with Crippen LogP contribution in [0.1, 0.15) is 62.7 Å². The van der Waals surface area contributed by atoms with E-state index in [0.717, 1.165) is 66.0 Å². The molecule has 0 spiro atoms.